The molecule has 0 saturated heterocycles. The van der Waals surface area contributed by atoms with Crippen LogP contribution in [-0.4, -0.2) is 23.7 Å². The van der Waals surface area contributed by atoms with Crippen molar-refractivity contribution in [2.24, 2.45) is 11.3 Å². The fourth-order valence-electron chi connectivity index (χ4n) is 1.58. The molecule has 1 atom stereocenters. The van der Waals surface area contributed by atoms with Gasteiger partial charge in [0.15, 0.2) is 5.41 Å². The summed E-state index contributed by atoms with van der Waals surface area (Å²) in [6.45, 7) is 5.03. The molecule has 0 rings (SSSR count). The van der Waals surface area contributed by atoms with Gasteiger partial charge in [0.2, 0.25) is 0 Å². The maximum absolute atomic E-state index is 11.7. The van der Waals surface area contributed by atoms with Crippen LogP contribution in [0.2, 0.25) is 0 Å². The number of nitriles is 1. The molecule has 0 fully saturated rings. The van der Waals surface area contributed by atoms with Crippen LogP contribution in [-0.2, 0) is 14.3 Å². The maximum atomic E-state index is 11.7. The van der Waals surface area contributed by atoms with Crippen LogP contribution in [0, 0.1) is 22.7 Å². The van der Waals surface area contributed by atoms with Crippen LogP contribution >= 0.6 is 0 Å². The fraction of sp³-hybridized carbons (Fsp3) is 0.727. The third kappa shape index (κ3) is 2.72. The molecule has 0 aromatic rings. The molecule has 0 heterocycles. The van der Waals surface area contributed by atoms with E-state index in [-0.39, 0.29) is 19.4 Å². The Morgan fingerprint density at radius 3 is 2.38 bits per heavy atom. The zero-order chi connectivity index (χ0) is 12.8. The molecular weight excluding hydrogens is 210 g/mol. The number of aliphatic carboxylic acids is 1. The van der Waals surface area contributed by atoms with E-state index >= 15 is 0 Å². The van der Waals surface area contributed by atoms with E-state index in [1.54, 1.807) is 20.8 Å². The lowest BCUT2D eigenvalue weighted by atomic mass is 9.73. The molecule has 0 aliphatic carbocycles. The van der Waals surface area contributed by atoms with E-state index in [1.807, 2.05) is 6.07 Å². The molecule has 0 amide bonds. The predicted molar refractivity (Wildman–Crippen MR) is 56.4 cm³/mol. The summed E-state index contributed by atoms with van der Waals surface area (Å²) in [5.74, 6) is -2.40. The highest BCUT2D eigenvalue weighted by molar-refractivity contribution is 5.99. The monoisotopic (exact) mass is 227 g/mol. The lowest BCUT2D eigenvalue weighted by Crippen LogP contribution is -2.45. The van der Waals surface area contributed by atoms with Crippen molar-refractivity contribution in [3.05, 3.63) is 0 Å². The second-order valence-corrected chi connectivity index (χ2v) is 3.81. The first-order valence-corrected chi connectivity index (χ1v) is 5.21. The number of carboxylic acids is 1. The van der Waals surface area contributed by atoms with Crippen LogP contribution in [0.3, 0.4) is 0 Å². The molecule has 0 aromatic carbocycles. The van der Waals surface area contributed by atoms with E-state index < -0.39 is 23.3 Å². The molecule has 90 valence electrons. The maximum Gasteiger partial charge on any atom is 0.323 e. The van der Waals surface area contributed by atoms with Crippen LogP contribution < -0.4 is 0 Å². The molecule has 5 nitrogen and oxygen atoms in total. The third-order valence-electron chi connectivity index (χ3n) is 2.64. The van der Waals surface area contributed by atoms with Crippen LogP contribution in [0.4, 0.5) is 0 Å². The van der Waals surface area contributed by atoms with Crippen LogP contribution in [0.15, 0.2) is 0 Å². The second-order valence-electron chi connectivity index (χ2n) is 3.81. The molecule has 0 spiro atoms. The van der Waals surface area contributed by atoms with Gasteiger partial charge in [0.05, 0.1) is 12.7 Å². The molecule has 1 N–H and O–H groups in total. The van der Waals surface area contributed by atoms with Crippen LogP contribution in [0.5, 0.6) is 0 Å². The van der Waals surface area contributed by atoms with Gasteiger partial charge in [-0.05, 0) is 19.3 Å². The Hall–Kier alpha value is -1.57. The van der Waals surface area contributed by atoms with Crippen molar-refractivity contribution >= 4 is 11.9 Å². The zero-order valence-corrected chi connectivity index (χ0v) is 9.82. The first-order valence-electron chi connectivity index (χ1n) is 5.21. The zero-order valence-electron chi connectivity index (χ0n) is 9.82. The molecule has 0 aliphatic heterocycles. The lowest BCUT2D eigenvalue weighted by molar-refractivity contribution is -0.173. The van der Waals surface area contributed by atoms with Crippen molar-refractivity contribution in [3.63, 3.8) is 0 Å². The number of rotatable bonds is 6. The minimum absolute atomic E-state index is 0.0172. The van der Waals surface area contributed by atoms with E-state index in [1.165, 1.54) is 0 Å². The molecule has 0 aliphatic rings. The average Bonchev–Trinajstić information content (AvgIpc) is 2.18. The summed E-state index contributed by atoms with van der Waals surface area (Å²) in [7, 11) is 0. The molecule has 0 aromatic heterocycles. The van der Waals surface area contributed by atoms with Gasteiger partial charge >= 0.3 is 11.9 Å². The standard InChI is InChI=1S/C11H17NO4/c1-4-16-10(15)11(8(2)3,9(13)14)6-5-7-12/h8H,4-6H2,1-3H3,(H,13,14). The van der Waals surface area contributed by atoms with E-state index in [4.69, 9.17) is 10.00 Å². The summed E-state index contributed by atoms with van der Waals surface area (Å²) in [6.07, 6.45) is -0.00136. The third-order valence-corrected chi connectivity index (χ3v) is 2.64. The number of carbonyl (C=O) groups excluding carboxylic acids is 1. The van der Waals surface area contributed by atoms with Gasteiger partial charge in [-0.25, -0.2) is 0 Å². The number of carbonyl (C=O) groups is 2. The lowest BCUT2D eigenvalue weighted by Gasteiger charge is -2.29. The van der Waals surface area contributed by atoms with E-state index in [9.17, 15) is 14.7 Å². The predicted octanol–water partition coefficient (Wildman–Crippen LogP) is 1.58. The summed E-state index contributed by atoms with van der Waals surface area (Å²) >= 11 is 0. The average molecular weight is 227 g/mol. The Morgan fingerprint density at radius 1 is 1.50 bits per heavy atom. The molecular formula is C11H17NO4. The highest BCUT2D eigenvalue weighted by atomic mass is 16.5. The van der Waals surface area contributed by atoms with Crippen LogP contribution in [0.25, 0.3) is 0 Å². The molecule has 0 bridgehead atoms. The Labute approximate surface area is 95.0 Å². The summed E-state index contributed by atoms with van der Waals surface area (Å²) in [6, 6.07) is 1.86. The Balaban J connectivity index is 5.18. The summed E-state index contributed by atoms with van der Waals surface area (Å²) in [5.41, 5.74) is -1.61. The van der Waals surface area contributed by atoms with Gasteiger partial charge in [-0.1, -0.05) is 13.8 Å². The Morgan fingerprint density at radius 2 is 2.06 bits per heavy atom. The molecule has 5 heteroatoms. The van der Waals surface area contributed by atoms with Crippen molar-refractivity contribution in [2.45, 2.75) is 33.6 Å². The first kappa shape index (κ1) is 14.4. The topological polar surface area (TPSA) is 87.4 Å². The van der Waals surface area contributed by atoms with Crippen molar-refractivity contribution in [2.75, 3.05) is 6.61 Å². The molecule has 0 saturated carbocycles. The molecule has 1 unspecified atom stereocenters. The van der Waals surface area contributed by atoms with Crippen molar-refractivity contribution in [3.8, 4) is 6.07 Å². The van der Waals surface area contributed by atoms with Crippen molar-refractivity contribution in [1.29, 1.82) is 5.26 Å². The largest absolute Gasteiger partial charge is 0.480 e. The number of hydrogen-bond acceptors (Lipinski definition) is 4. The van der Waals surface area contributed by atoms with Crippen molar-refractivity contribution in [1.82, 2.24) is 0 Å². The second kappa shape index (κ2) is 6.11. The molecule has 0 radical (unpaired) electrons. The Bertz CT molecular complexity index is 306. The number of nitrogens with zero attached hydrogens (tertiary/aromatic N) is 1. The van der Waals surface area contributed by atoms with Crippen molar-refractivity contribution < 1.29 is 19.4 Å². The Kier molecular flexibility index (Phi) is 5.51. The normalized spacial score (nSPS) is 13.9. The quantitative estimate of drug-likeness (QED) is 0.549. The van der Waals surface area contributed by atoms with Gasteiger partial charge in [-0.2, -0.15) is 5.26 Å². The van der Waals surface area contributed by atoms with E-state index in [0.29, 0.717) is 0 Å². The number of carboxylic acid groups (broad SMARTS) is 1. The fourth-order valence-corrected chi connectivity index (χ4v) is 1.58. The number of esters is 1. The smallest absolute Gasteiger partial charge is 0.323 e. The summed E-state index contributed by atoms with van der Waals surface area (Å²) in [5, 5.41) is 17.7. The SMILES string of the molecule is CCOC(=O)C(CCC#N)(C(=O)O)C(C)C. The highest BCUT2D eigenvalue weighted by Gasteiger charge is 2.49. The number of ether oxygens (including phenoxy) is 1. The van der Waals surface area contributed by atoms with Gasteiger partial charge in [0.1, 0.15) is 0 Å². The minimum atomic E-state index is -1.61. The van der Waals surface area contributed by atoms with E-state index in [2.05, 4.69) is 0 Å². The van der Waals surface area contributed by atoms with Gasteiger partial charge in [-0.3, -0.25) is 9.59 Å². The molecule has 16 heavy (non-hydrogen) atoms. The van der Waals surface area contributed by atoms with Gasteiger partial charge in [0.25, 0.3) is 0 Å². The first-order chi connectivity index (χ1) is 7.43. The highest BCUT2D eigenvalue weighted by Crippen LogP contribution is 2.34. The van der Waals surface area contributed by atoms with Crippen LogP contribution in [0.1, 0.15) is 33.6 Å². The van der Waals surface area contributed by atoms with Gasteiger partial charge < -0.3 is 9.84 Å². The van der Waals surface area contributed by atoms with E-state index in [0.717, 1.165) is 0 Å². The number of hydrogen-bond donors (Lipinski definition) is 1. The van der Waals surface area contributed by atoms with Gasteiger partial charge in [0, 0.05) is 6.42 Å². The summed E-state index contributed by atoms with van der Waals surface area (Å²) in [4.78, 5) is 23.0. The summed E-state index contributed by atoms with van der Waals surface area (Å²) < 4.78 is 4.80. The minimum Gasteiger partial charge on any atom is -0.480 e. The van der Waals surface area contributed by atoms with Gasteiger partial charge in [-0.15, -0.1) is 0 Å².